The molecule has 13 heavy (non-hydrogen) atoms. The smallest absolute Gasteiger partial charge is 0.305 e. The van der Waals surface area contributed by atoms with Gasteiger partial charge in [-0.3, -0.25) is 10.1 Å². The highest BCUT2D eigenvalue weighted by Gasteiger charge is 2.21. The maximum Gasteiger partial charge on any atom is 0.305 e. The van der Waals surface area contributed by atoms with Gasteiger partial charge >= 0.3 is 5.69 Å². The summed E-state index contributed by atoms with van der Waals surface area (Å²) in [7, 11) is 0. The molecule has 0 radical (unpaired) electrons. The summed E-state index contributed by atoms with van der Waals surface area (Å²) in [6.45, 7) is 0. The van der Waals surface area contributed by atoms with Crippen LogP contribution in [-0.2, 0) is 0 Å². The molecule has 68 valence electrons. The zero-order chi connectivity index (χ0) is 9.26. The number of aromatic nitrogens is 2. The fraction of sp³-hybridized carbons (Fsp3) is 0.429. The first kappa shape index (κ1) is 7.90. The molecule has 2 rings (SSSR count). The van der Waals surface area contributed by atoms with E-state index in [0.717, 1.165) is 12.8 Å². The van der Waals surface area contributed by atoms with Crippen LogP contribution in [0.25, 0.3) is 0 Å². The lowest BCUT2D eigenvalue weighted by Gasteiger charge is -1.99. The van der Waals surface area contributed by atoms with Crippen molar-refractivity contribution in [1.82, 2.24) is 9.97 Å². The van der Waals surface area contributed by atoms with Crippen molar-refractivity contribution in [2.75, 3.05) is 5.32 Å². The number of nitro groups is 1. The first-order chi connectivity index (χ1) is 6.25. The van der Waals surface area contributed by atoms with E-state index in [1.165, 1.54) is 12.4 Å². The average molecular weight is 180 g/mol. The van der Waals surface area contributed by atoms with E-state index >= 15 is 0 Å². The van der Waals surface area contributed by atoms with E-state index in [1.807, 2.05) is 0 Å². The van der Waals surface area contributed by atoms with Gasteiger partial charge in [-0.1, -0.05) is 0 Å². The predicted octanol–water partition coefficient (Wildman–Crippen LogP) is 0.959. The van der Waals surface area contributed by atoms with E-state index in [-0.39, 0.29) is 5.69 Å². The molecule has 1 aliphatic rings. The van der Waals surface area contributed by atoms with Crippen LogP contribution in [0, 0.1) is 10.1 Å². The van der Waals surface area contributed by atoms with Crippen molar-refractivity contribution in [2.24, 2.45) is 0 Å². The van der Waals surface area contributed by atoms with E-state index in [0.29, 0.717) is 12.0 Å². The molecule has 1 saturated carbocycles. The monoisotopic (exact) mass is 180 g/mol. The highest BCUT2D eigenvalue weighted by atomic mass is 16.6. The second-order valence-electron chi connectivity index (χ2n) is 2.94. The molecular formula is C7H8N4O2. The van der Waals surface area contributed by atoms with Crippen LogP contribution in [0.4, 0.5) is 11.6 Å². The van der Waals surface area contributed by atoms with Gasteiger partial charge in [-0.15, -0.1) is 0 Å². The Morgan fingerprint density at radius 2 is 2.08 bits per heavy atom. The number of nitrogens with one attached hydrogen (secondary N) is 1. The van der Waals surface area contributed by atoms with Crippen LogP contribution in [0.3, 0.4) is 0 Å². The summed E-state index contributed by atoms with van der Waals surface area (Å²) in [4.78, 5) is 17.4. The molecule has 6 nitrogen and oxygen atoms in total. The number of anilines is 1. The lowest BCUT2D eigenvalue weighted by atomic mass is 10.5. The number of hydrogen-bond donors (Lipinski definition) is 1. The SMILES string of the molecule is O=[N+]([O-])c1cnc(NC2CC2)nc1. The van der Waals surface area contributed by atoms with Crippen molar-refractivity contribution in [3.63, 3.8) is 0 Å². The fourth-order valence-electron chi connectivity index (χ4n) is 0.900. The molecule has 0 amide bonds. The molecule has 1 fully saturated rings. The zero-order valence-electron chi connectivity index (χ0n) is 6.80. The number of rotatable bonds is 3. The van der Waals surface area contributed by atoms with Crippen LogP contribution >= 0.6 is 0 Å². The first-order valence-electron chi connectivity index (χ1n) is 3.98. The van der Waals surface area contributed by atoms with E-state index in [9.17, 15) is 10.1 Å². The van der Waals surface area contributed by atoms with Crippen LogP contribution < -0.4 is 5.32 Å². The molecule has 0 aliphatic heterocycles. The summed E-state index contributed by atoms with van der Waals surface area (Å²) in [5.74, 6) is 0.466. The highest BCUT2D eigenvalue weighted by molar-refractivity contribution is 5.32. The predicted molar refractivity (Wildman–Crippen MR) is 45.3 cm³/mol. The molecule has 0 unspecified atom stereocenters. The Kier molecular flexibility index (Phi) is 1.80. The molecule has 1 aliphatic carbocycles. The van der Waals surface area contributed by atoms with Crippen molar-refractivity contribution in [2.45, 2.75) is 18.9 Å². The van der Waals surface area contributed by atoms with Crippen molar-refractivity contribution in [1.29, 1.82) is 0 Å². The van der Waals surface area contributed by atoms with E-state index < -0.39 is 4.92 Å². The Hall–Kier alpha value is -1.72. The Labute approximate surface area is 74.2 Å². The summed E-state index contributed by atoms with van der Waals surface area (Å²) in [6, 6.07) is 0.460. The lowest BCUT2D eigenvalue weighted by Crippen LogP contribution is -2.05. The van der Waals surface area contributed by atoms with Gasteiger partial charge < -0.3 is 5.32 Å². The quantitative estimate of drug-likeness (QED) is 0.553. The van der Waals surface area contributed by atoms with Gasteiger partial charge in [-0.2, -0.15) is 0 Å². The summed E-state index contributed by atoms with van der Waals surface area (Å²) in [5, 5.41) is 13.3. The minimum atomic E-state index is -0.513. The summed E-state index contributed by atoms with van der Waals surface area (Å²) < 4.78 is 0. The summed E-state index contributed by atoms with van der Waals surface area (Å²) >= 11 is 0. The van der Waals surface area contributed by atoms with Crippen LogP contribution in [0.5, 0.6) is 0 Å². The normalized spacial score (nSPS) is 15.4. The third-order valence-corrected chi connectivity index (χ3v) is 1.76. The average Bonchev–Trinajstić information content (AvgIpc) is 2.89. The highest BCUT2D eigenvalue weighted by Crippen LogP contribution is 2.22. The van der Waals surface area contributed by atoms with Gasteiger partial charge in [0.05, 0.1) is 4.92 Å². The van der Waals surface area contributed by atoms with Crippen molar-refractivity contribution in [3.05, 3.63) is 22.5 Å². The first-order valence-corrected chi connectivity index (χ1v) is 3.98. The number of hydrogen-bond acceptors (Lipinski definition) is 5. The Morgan fingerprint density at radius 1 is 1.46 bits per heavy atom. The molecule has 1 aromatic heterocycles. The second-order valence-corrected chi connectivity index (χ2v) is 2.94. The Morgan fingerprint density at radius 3 is 2.54 bits per heavy atom. The standard InChI is InChI=1S/C7H8N4O2/c12-11(13)6-3-8-7(9-4-6)10-5-1-2-5/h3-5H,1-2H2,(H,8,9,10). The van der Waals surface area contributed by atoms with Gasteiger partial charge in [-0.05, 0) is 12.8 Å². The maximum absolute atomic E-state index is 10.3. The third-order valence-electron chi connectivity index (χ3n) is 1.76. The summed E-state index contributed by atoms with van der Waals surface area (Å²) in [6.07, 6.45) is 4.66. The second kappa shape index (κ2) is 2.96. The van der Waals surface area contributed by atoms with Crippen LogP contribution in [0.2, 0.25) is 0 Å². The molecule has 1 heterocycles. The largest absolute Gasteiger partial charge is 0.351 e. The van der Waals surface area contributed by atoms with Crippen molar-refractivity contribution < 1.29 is 4.92 Å². The van der Waals surface area contributed by atoms with Crippen LogP contribution in [-0.4, -0.2) is 20.9 Å². The molecular weight excluding hydrogens is 172 g/mol. The van der Waals surface area contributed by atoms with E-state index in [2.05, 4.69) is 15.3 Å². The van der Waals surface area contributed by atoms with Crippen LogP contribution in [0.1, 0.15) is 12.8 Å². The van der Waals surface area contributed by atoms with E-state index in [4.69, 9.17) is 0 Å². The van der Waals surface area contributed by atoms with Crippen LogP contribution in [0.15, 0.2) is 12.4 Å². The van der Waals surface area contributed by atoms with E-state index in [1.54, 1.807) is 0 Å². The third kappa shape index (κ3) is 1.90. The van der Waals surface area contributed by atoms with Gasteiger partial charge in [0.15, 0.2) is 0 Å². The molecule has 1 aromatic rings. The van der Waals surface area contributed by atoms with Crippen molar-refractivity contribution in [3.8, 4) is 0 Å². The molecule has 0 aromatic carbocycles. The zero-order valence-corrected chi connectivity index (χ0v) is 6.80. The Bertz CT molecular complexity index is 320. The fourth-order valence-corrected chi connectivity index (χ4v) is 0.900. The molecule has 0 saturated heterocycles. The minimum absolute atomic E-state index is 0.0821. The van der Waals surface area contributed by atoms with Crippen molar-refractivity contribution >= 4 is 11.6 Å². The number of nitrogens with zero attached hydrogens (tertiary/aromatic N) is 3. The molecule has 6 heteroatoms. The van der Waals surface area contributed by atoms with Gasteiger partial charge in [0.2, 0.25) is 5.95 Å². The van der Waals surface area contributed by atoms with Gasteiger partial charge in [0, 0.05) is 6.04 Å². The summed E-state index contributed by atoms with van der Waals surface area (Å²) in [5.41, 5.74) is -0.0821. The molecule has 0 atom stereocenters. The minimum Gasteiger partial charge on any atom is -0.351 e. The van der Waals surface area contributed by atoms with Gasteiger partial charge in [0.1, 0.15) is 12.4 Å². The maximum atomic E-state index is 10.3. The molecule has 1 N–H and O–H groups in total. The topological polar surface area (TPSA) is 81.0 Å². The lowest BCUT2D eigenvalue weighted by molar-refractivity contribution is -0.385. The molecule has 0 spiro atoms. The van der Waals surface area contributed by atoms with Gasteiger partial charge in [0.25, 0.3) is 0 Å². The molecule has 0 bridgehead atoms. The Balaban J connectivity index is 2.08. The van der Waals surface area contributed by atoms with Gasteiger partial charge in [-0.25, -0.2) is 9.97 Å².